The van der Waals surface area contributed by atoms with E-state index in [-0.39, 0.29) is 6.04 Å². The van der Waals surface area contributed by atoms with Crippen molar-refractivity contribution in [1.29, 1.82) is 0 Å². The summed E-state index contributed by atoms with van der Waals surface area (Å²) in [7, 11) is -1.00. The standard InChI is InChI=1S/C23H26N4O2S/c1-15-6-7-19-17(10-15)20(27-13-18(24)21(28)14-27)11-23(25-19)26-8-9-30(29)22-5-3-2-4-16(22)12-26/h2-7,10-11,18,21,28H,8-9,12-14,24H2,1H3/t18-,21-,30?/m1/s1. The molecule has 1 saturated heterocycles. The molecule has 1 unspecified atom stereocenters. The predicted molar refractivity (Wildman–Crippen MR) is 121 cm³/mol. The van der Waals surface area contributed by atoms with Gasteiger partial charge in [-0.15, -0.1) is 0 Å². The van der Waals surface area contributed by atoms with Gasteiger partial charge in [0.25, 0.3) is 0 Å². The van der Waals surface area contributed by atoms with Crippen molar-refractivity contribution in [2.75, 3.05) is 35.2 Å². The first-order valence-corrected chi connectivity index (χ1v) is 11.6. The number of aryl methyl sites for hydroxylation is 1. The summed E-state index contributed by atoms with van der Waals surface area (Å²) in [5.41, 5.74) is 10.3. The summed E-state index contributed by atoms with van der Waals surface area (Å²) in [6, 6.07) is 16.1. The summed E-state index contributed by atoms with van der Waals surface area (Å²) in [6.45, 7) is 4.55. The van der Waals surface area contributed by atoms with Crippen LogP contribution in [0.4, 0.5) is 11.5 Å². The molecule has 30 heavy (non-hydrogen) atoms. The SMILES string of the molecule is Cc1ccc2nc(N3CCS(=O)c4ccccc4C3)cc(N3C[C@@H](N)[C@H](O)C3)c2c1. The first-order valence-electron chi connectivity index (χ1n) is 10.3. The molecule has 6 nitrogen and oxygen atoms in total. The monoisotopic (exact) mass is 422 g/mol. The minimum Gasteiger partial charge on any atom is -0.390 e. The van der Waals surface area contributed by atoms with Gasteiger partial charge in [0.1, 0.15) is 5.82 Å². The van der Waals surface area contributed by atoms with E-state index in [4.69, 9.17) is 10.7 Å². The van der Waals surface area contributed by atoms with Crippen molar-refractivity contribution in [3.05, 3.63) is 59.7 Å². The number of hydrogen-bond donors (Lipinski definition) is 2. The average molecular weight is 423 g/mol. The Balaban J connectivity index is 1.60. The molecule has 0 radical (unpaired) electrons. The average Bonchev–Trinajstić information content (AvgIpc) is 2.98. The molecular weight excluding hydrogens is 396 g/mol. The van der Waals surface area contributed by atoms with Crippen LogP contribution in [0.3, 0.4) is 0 Å². The molecule has 156 valence electrons. The molecule has 3 N–H and O–H groups in total. The molecule has 0 spiro atoms. The van der Waals surface area contributed by atoms with Crippen LogP contribution >= 0.6 is 0 Å². The van der Waals surface area contributed by atoms with Gasteiger partial charge in [-0.1, -0.05) is 29.8 Å². The van der Waals surface area contributed by atoms with E-state index in [0.29, 0.717) is 31.9 Å². The number of fused-ring (bicyclic) bond motifs is 2. The Morgan fingerprint density at radius 3 is 2.77 bits per heavy atom. The van der Waals surface area contributed by atoms with Gasteiger partial charge < -0.3 is 20.6 Å². The van der Waals surface area contributed by atoms with Crippen LogP contribution in [-0.2, 0) is 17.3 Å². The van der Waals surface area contributed by atoms with Gasteiger partial charge >= 0.3 is 0 Å². The molecule has 3 aromatic rings. The fourth-order valence-electron chi connectivity index (χ4n) is 4.38. The Kier molecular flexibility index (Phi) is 4.97. The highest BCUT2D eigenvalue weighted by atomic mass is 32.2. The van der Waals surface area contributed by atoms with Gasteiger partial charge in [-0.3, -0.25) is 4.21 Å². The maximum atomic E-state index is 12.7. The Morgan fingerprint density at radius 1 is 1.13 bits per heavy atom. The number of aliphatic hydroxyl groups is 1. The van der Waals surface area contributed by atoms with Crippen LogP contribution in [0, 0.1) is 6.92 Å². The molecule has 2 aromatic carbocycles. The van der Waals surface area contributed by atoms with Gasteiger partial charge in [0.2, 0.25) is 0 Å². The fourth-order valence-corrected chi connectivity index (χ4v) is 5.64. The van der Waals surface area contributed by atoms with Crippen LogP contribution in [-0.4, -0.2) is 51.8 Å². The normalized spacial score (nSPS) is 24.2. The summed E-state index contributed by atoms with van der Waals surface area (Å²) < 4.78 is 12.7. The van der Waals surface area contributed by atoms with E-state index in [0.717, 1.165) is 32.9 Å². The molecule has 0 saturated carbocycles. The van der Waals surface area contributed by atoms with E-state index in [9.17, 15) is 9.32 Å². The molecule has 0 amide bonds. The van der Waals surface area contributed by atoms with Crippen molar-refractivity contribution in [1.82, 2.24) is 4.98 Å². The lowest BCUT2D eigenvalue weighted by Crippen LogP contribution is -2.32. The van der Waals surface area contributed by atoms with Crippen molar-refractivity contribution >= 4 is 33.2 Å². The Bertz CT molecular complexity index is 1130. The number of aromatic nitrogens is 1. The van der Waals surface area contributed by atoms with Gasteiger partial charge in [-0.05, 0) is 30.7 Å². The van der Waals surface area contributed by atoms with Crippen molar-refractivity contribution in [3.8, 4) is 0 Å². The maximum Gasteiger partial charge on any atom is 0.131 e. The highest BCUT2D eigenvalue weighted by molar-refractivity contribution is 7.85. The number of anilines is 2. The first kappa shape index (κ1) is 19.5. The van der Waals surface area contributed by atoms with E-state index in [1.165, 1.54) is 5.56 Å². The van der Waals surface area contributed by atoms with Gasteiger partial charge in [0, 0.05) is 60.0 Å². The number of β-amino-alcohol motifs (C(OH)–C–C–N with tert-alkyl or cyclic N) is 1. The van der Waals surface area contributed by atoms with E-state index >= 15 is 0 Å². The molecule has 7 heteroatoms. The van der Waals surface area contributed by atoms with Crippen molar-refractivity contribution in [2.24, 2.45) is 5.73 Å². The van der Waals surface area contributed by atoms with Crippen LogP contribution in [0.1, 0.15) is 11.1 Å². The second-order valence-corrected chi connectivity index (χ2v) is 9.77. The van der Waals surface area contributed by atoms with E-state index in [1.807, 2.05) is 30.3 Å². The van der Waals surface area contributed by atoms with Crippen molar-refractivity contribution in [2.45, 2.75) is 30.5 Å². The molecule has 3 heterocycles. The molecule has 2 aliphatic heterocycles. The number of aliphatic hydroxyl groups excluding tert-OH is 1. The fraction of sp³-hybridized carbons (Fsp3) is 0.348. The second-order valence-electron chi connectivity index (χ2n) is 8.24. The summed E-state index contributed by atoms with van der Waals surface area (Å²) in [5.74, 6) is 1.44. The van der Waals surface area contributed by atoms with Gasteiger partial charge in [0.15, 0.2) is 0 Å². The van der Waals surface area contributed by atoms with Gasteiger partial charge in [-0.25, -0.2) is 4.98 Å². The quantitative estimate of drug-likeness (QED) is 0.659. The largest absolute Gasteiger partial charge is 0.390 e. The number of benzene rings is 2. The molecule has 5 rings (SSSR count). The lowest BCUT2D eigenvalue weighted by molar-refractivity contribution is 0.180. The predicted octanol–water partition coefficient (Wildman–Crippen LogP) is 2.18. The van der Waals surface area contributed by atoms with E-state index in [2.05, 4.69) is 34.9 Å². The third-order valence-electron chi connectivity index (χ3n) is 6.05. The minimum atomic E-state index is -1.00. The summed E-state index contributed by atoms with van der Waals surface area (Å²) in [5, 5.41) is 11.3. The Morgan fingerprint density at radius 2 is 1.97 bits per heavy atom. The molecule has 0 bridgehead atoms. The van der Waals surface area contributed by atoms with Gasteiger partial charge in [0.05, 0.1) is 22.4 Å². The summed E-state index contributed by atoms with van der Waals surface area (Å²) in [4.78, 5) is 10.2. The smallest absolute Gasteiger partial charge is 0.131 e. The number of nitrogens with two attached hydrogens (primary N) is 1. The number of rotatable bonds is 2. The zero-order chi connectivity index (χ0) is 20.8. The maximum absolute atomic E-state index is 12.7. The van der Waals surface area contributed by atoms with E-state index < -0.39 is 16.9 Å². The molecule has 1 aromatic heterocycles. The second kappa shape index (κ2) is 7.65. The van der Waals surface area contributed by atoms with Crippen molar-refractivity contribution in [3.63, 3.8) is 0 Å². The highest BCUT2D eigenvalue weighted by Crippen LogP contribution is 2.34. The Labute approximate surface area is 178 Å². The van der Waals surface area contributed by atoms with E-state index in [1.54, 1.807) is 0 Å². The Hall–Kier alpha value is -2.48. The van der Waals surface area contributed by atoms with Gasteiger partial charge in [-0.2, -0.15) is 0 Å². The molecule has 0 aliphatic carbocycles. The minimum absolute atomic E-state index is 0.256. The number of pyridine rings is 1. The molecular formula is C23H26N4O2S. The summed E-state index contributed by atoms with van der Waals surface area (Å²) >= 11 is 0. The van der Waals surface area contributed by atoms with Crippen LogP contribution in [0.2, 0.25) is 0 Å². The van der Waals surface area contributed by atoms with Crippen LogP contribution < -0.4 is 15.5 Å². The van der Waals surface area contributed by atoms with Crippen molar-refractivity contribution < 1.29 is 9.32 Å². The molecule has 3 atom stereocenters. The third-order valence-corrected chi connectivity index (χ3v) is 7.49. The number of nitrogens with zero attached hydrogens (tertiary/aromatic N) is 3. The van der Waals surface area contributed by atoms with Crippen LogP contribution in [0.25, 0.3) is 10.9 Å². The zero-order valence-corrected chi connectivity index (χ0v) is 17.8. The lowest BCUT2D eigenvalue weighted by Gasteiger charge is -2.26. The number of hydrogen-bond acceptors (Lipinski definition) is 6. The third kappa shape index (κ3) is 3.47. The van der Waals surface area contributed by atoms with Crippen LogP contribution in [0.5, 0.6) is 0 Å². The molecule has 1 fully saturated rings. The first-order chi connectivity index (χ1) is 14.5. The van der Waals surface area contributed by atoms with Crippen LogP contribution in [0.15, 0.2) is 53.4 Å². The highest BCUT2D eigenvalue weighted by Gasteiger charge is 2.30. The summed E-state index contributed by atoms with van der Waals surface area (Å²) in [6.07, 6.45) is -0.533. The molecule has 2 aliphatic rings. The topological polar surface area (TPSA) is 82.7 Å². The zero-order valence-electron chi connectivity index (χ0n) is 17.0. The lowest BCUT2D eigenvalue weighted by atomic mass is 10.1.